The molecule has 0 aliphatic rings. The highest BCUT2D eigenvalue weighted by Crippen LogP contribution is 2.20. The summed E-state index contributed by atoms with van der Waals surface area (Å²) in [6.07, 6.45) is 0.308. The van der Waals surface area contributed by atoms with Gasteiger partial charge in [0.25, 0.3) is 0 Å². The highest BCUT2D eigenvalue weighted by atomic mass is 16.3. The van der Waals surface area contributed by atoms with Gasteiger partial charge in [-0.25, -0.2) is 0 Å². The number of aliphatic hydroxyl groups excluding tert-OH is 1. The standard InChI is InChI=1S/C14H23N3O2/c1-10(18)7-8-17(3)9-14(19)16-13-6-4-5-12(15)11(13)2/h4-6,10,18H,7-9,15H2,1-3H3,(H,16,19). The molecule has 0 aromatic heterocycles. The third-order valence-corrected chi connectivity index (χ3v) is 2.99. The van der Waals surface area contributed by atoms with E-state index < -0.39 is 0 Å². The minimum atomic E-state index is -0.346. The zero-order chi connectivity index (χ0) is 14.4. The largest absolute Gasteiger partial charge is 0.398 e. The Bertz CT molecular complexity index is 433. The lowest BCUT2D eigenvalue weighted by atomic mass is 10.1. The predicted octanol–water partition coefficient (Wildman–Crippen LogP) is 1.22. The molecule has 1 rings (SSSR count). The van der Waals surface area contributed by atoms with Gasteiger partial charge in [0.2, 0.25) is 5.91 Å². The van der Waals surface area contributed by atoms with Gasteiger partial charge in [-0.2, -0.15) is 0 Å². The lowest BCUT2D eigenvalue weighted by Gasteiger charge is -2.17. The third kappa shape index (κ3) is 5.28. The molecule has 106 valence electrons. The summed E-state index contributed by atoms with van der Waals surface area (Å²) in [5.74, 6) is -0.0817. The molecule has 0 radical (unpaired) electrons. The molecule has 1 aromatic carbocycles. The Balaban J connectivity index is 2.49. The van der Waals surface area contributed by atoms with Crippen molar-refractivity contribution in [3.05, 3.63) is 23.8 Å². The third-order valence-electron chi connectivity index (χ3n) is 2.99. The summed E-state index contributed by atoms with van der Waals surface area (Å²) >= 11 is 0. The molecule has 5 heteroatoms. The number of aliphatic hydroxyl groups is 1. The second-order valence-corrected chi connectivity index (χ2v) is 4.94. The van der Waals surface area contributed by atoms with Crippen molar-refractivity contribution in [2.75, 3.05) is 31.2 Å². The van der Waals surface area contributed by atoms with Crippen LogP contribution in [0.1, 0.15) is 18.9 Å². The molecule has 0 aliphatic carbocycles. The Morgan fingerprint density at radius 3 is 2.84 bits per heavy atom. The van der Waals surface area contributed by atoms with Crippen molar-refractivity contribution in [3.63, 3.8) is 0 Å². The van der Waals surface area contributed by atoms with Crippen molar-refractivity contribution in [1.29, 1.82) is 0 Å². The van der Waals surface area contributed by atoms with Crippen LogP contribution in [-0.4, -0.2) is 42.2 Å². The Hall–Kier alpha value is -1.59. The van der Waals surface area contributed by atoms with Crippen LogP contribution in [0.3, 0.4) is 0 Å². The van der Waals surface area contributed by atoms with Gasteiger partial charge in [0.1, 0.15) is 0 Å². The van der Waals surface area contributed by atoms with Gasteiger partial charge in [0.15, 0.2) is 0 Å². The zero-order valence-corrected chi connectivity index (χ0v) is 11.8. The molecule has 0 bridgehead atoms. The van der Waals surface area contributed by atoms with E-state index in [0.717, 1.165) is 11.3 Å². The summed E-state index contributed by atoms with van der Waals surface area (Å²) in [6.45, 7) is 4.59. The second kappa shape index (κ2) is 7.11. The van der Waals surface area contributed by atoms with Crippen molar-refractivity contribution in [2.24, 2.45) is 0 Å². The first-order valence-electron chi connectivity index (χ1n) is 6.41. The van der Waals surface area contributed by atoms with Crippen LogP contribution in [0.5, 0.6) is 0 Å². The van der Waals surface area contributed by atoms with Gasteiger partial charge in [-0.15, -0.1) is 0 Å². The van der Waals surface area contributed by atoms with E-state index in [9.17, 15) is 9.90 Å². The number of hydrogen-bond acceptors (Lipinski definition) is 4. The fourth-order valence-corrected chi connectivity index (χ4v) is 1.71. The van der Waals surface area contributed by atoms with Crippen molar-refractivity contribution >= 4 is 17.3 Å². The monoisotopic (exact) mass is 265 g/mol. The zero-order valence-electron chi connectivity index (χ0n) is 11.8. The minimum absolute atomic E-state index is 0.0817. The molecular formula is C14H23N3O2. The molecule has 1 unspecified atom stereocenters. The Kier molecular flexibility index (Phi) is 5.79. The van der Waals surface area contributed by atoms with Crippen LogP contribution >= 0.6 is 0 Å². The van der Waals surface area contributed by atoms with Crippen LogP contribution in [-0.2, 0) is 4.79 Å². The molecule has 0 saturated carbocycles. The van der Waals surface area contributed by atoms with Crippen molar-refractivity contribution in [2.45, 2.75) is 26.4 Å². The van der Waals surface area contributed by atoms with Gasteiger partial charge in [0.05, 0.1) is 12.6 Å². The van der Waals surface area contributed by atoms with Gasteiger partial charge < -0.3 is 16.2 Å². The normalized spacial score (nSPS) is 12.5. The van der Waals surface area contributed by atoms with E-state index >= 15 is 0 Å². The van der Waals surface area contributed by atoms with Gasteiger partial charge >= 0.3 is 0 Å². The highest BCUT2D eigenvalue weighted by molar-refractivity contribution is 5.93. The molecule has 5 nitrogen and oxygen atoms in total. The summed E-state index contributed by atoms with van der Waals surface area (Å²) in [5, 5.41) is 12.0. The number of anilines is 2. The van der Waals surface area contributed by atoms with Crippen molar-refractivity contribution < 1.29 is 9.90 Å². The van der Waals surface area contributed by atoms with Gasteiger partial charge in [-0.05, 0) is 45.0 Å². The topological polar surface area (TPSA) is 78.6 Å². The first-order chi connectivity index (χ1) is 8.90. The van der Waals surface area contributed by atoms with E-state index in [1.807, 2.05) is 31.0 Å². The number of carbonyl (C=O) groups excluding carboxylic acids is 1. The number of amides is 1. The molecule has 0 fully saturated rings. The molecule has 19 heavy (non-hydrogen) atoms. The second-order valence-electron chi connectivity index (χ2n) is 4.94. The van der Waals surface area contributed by atoms with Crippen molar-refractivity contribution in [3.8, 4) is 0 Å². The quantitative estimate of drug-likeness (QED) is 0.676. The average molecular weight is 265 g/mol. The number of benzene rings is 1. The Labute approximate surface area is 114 Å². The van der Waals surface area contributed by atoms with Crippen LogP contribution < -0.4 is 11.1 Å². The van der Waals surface area contributed by atoms with Gasteiger partial charge in [0, 0.05) is 17.9 Å². The summed E-state index contributed by atoms with van der Waals surface area (Å²) in [6, 6.07) is 5.45. The predicted molar refractivity (Wildman–Crippen MR) is 78.0 cm³/mol. The summed E-state index contributed by atoms with van der Waals surface area (Å²) in [5.41, 5.74) is 8.08. The van der Waals surface area contributed by atoms with Crippen LogP contribution in [0, 0.1) is 6.92 Å². The molecule has 0 spiro atoms. The van der Waals surface area contributed by atoms with Crippen LogP contribution in [0.25, 0.3) is 0 Å². The molecule has 0 saturated heterocycles. The summed E-state index contributed by atoms with van der Waals surface area (Å²) < 4.78 is 0. The van der Waals surface area contributed by atoms with Gasteiger partial charge in [-0.3, -0.25) is 9.69 Å². The van der Waals surface area contributed by atoms with Gasteiger partial charge in [-0.1, -0.05) is 6.07 Å². The highest BCUT2D eigenvalue weighted by Gasteiger charge is 2.09. The molecule has 0 heterocycles. The van der Waals surface area contributed by atoms with Crippen LogP contribution in [0.4, 0.5) is 11.4 Å². The number of hydrogen-bond donors (Lipinski definition) is 3. The first kappa shape index (κ1) is 15.5. The minimum Gasteiger partial charge on any atom is -0.398 e. The Morgan fingerprint density at radius 2 is 2.21 bits per heavy atom. The summed E-state index contributed by atoms with van der Waals surface area (Å²) in [7, 11) is 1.86. The first-order valence-corrected chi connectivity index (χ1v) is 6.41. The molecule has 0 aliphatic heterocycles. The van der Waals surface area contributed by atoms with Crippen molar-refractivity contribution in [1.82, 2.24) is 4.90 Å². The number of nitrogens with zero attached hydrogens (tertiary/aromatic N) is 1. The number of nitrogens with two attached hydrogens (primary N) is 1. The maximum Gasteiger partial charge on any atom is 0.238 e. The van der Waals surface area contributed by atoms with E-state index in [1.54, 1.807) is 13.0 Å². The van der Waals surface area contributed by atoms with E-state index in [4.69, 9.17) is 5.73 Å². The van der Waals surface area contributed by atoms with E-state index in [0.29, 0.717) is 25.2 Å². The molecule has 4 N–H and O–H groups in total. The molecule has 1 aromatic rings. The fraction of sp³-hybridized carbons (Fsp3) is 0.500. The summed E-state index contributed by atoms with van der Waals surface area (Å²) in [4.78, 5) is 13.8. The fourth-order valence-electron chi connectivity index (χ4n) is 1.71. The van der Waals surface area contributed by atoms with E-state index in [-0.39, 0.29) is 12.0 Å². The number of carbonyl (C=O) groups is 1. The maximum atomic E-state index is 11.9. The average Bonchev–Trinajstić information content (AvgIpc) is 2.32. The number of nitrogens with one attached hydrogen (secondary N) is 1. The Morgan fingerprint density at radius 1 is 1.53 bits per heavy atom. The van der Waals surface area contributed by atoms with Crippen LogP contribution in [0.2, 0.25) is 0 Å². The number of nitrogen functional groups attached to an aromatic ring is 1. The lowest BCUT2D eigenvalue weighted by Crippen LogP contribution is -2.32. The van der Waals surface area contributed by atoms with E-state index in [2.05, 4.69) is 5.32 Å². The molecule has 1 atom stereocenters. The molecule has 1 amide bonds. The van der Waals surface area contributed by atoms with E-state index in [1.165, 1.54) is 0 Å². The SMILES string of the molecule is Cc1c(N)cccc1NC(=O)CN(C)CCC(C)O. The van der Waals surface area contributed by atoms with Crippen LogP contribution in [0.15, 0.2) is 18.2 Å². The number of rotatable bonds is 6. The number of likely N-dealkylation sites (N-methyl/N-ethyl adjacent to an activating group) is 1. The molecular weight excluding hydrogens is 242 g/mol. The maximum absolute atomic E-state index is 11.9. The lowest BCUT2D eigenvalue weighted by molar-refractivity contribution is -0.117. The smallest absolute Gasteiger partial charge is 0.238 e.